The van der Waals surface area contributed by atoms with Crippen molar-refractivity contribution in [3.8, 4) is 0 Å². The fraction of sp³-hybridized carbons (Fsp3) is 0. The van der Waals surface area contributed by atoms with E-state index in [0.29, 0.717) is 0 Å². The first-order chi connectivity index (χ1) is 6.92. The van der Waals surface area contributed by atoms with Crippen LogP contribution in [0.15, 0.2) is 0 Å². The van der Waals surface area contributed by atoms with E-state index in [1.807, 2.05) is 0 Å². The van der Waals surface area contributed by atoms with Gasteiger partial charge in [-0.25, -0.2) is 0 Å². The minimum atomic E-state index is -7.89. The SMILES string of the molecule is O=C(O)C(=O)OP(O)(F)(F)OC(=O)C(=O)O.[H-].[Li+]. The normalized spacial score (nSPS) is 12.3. The summed E-state index contributed by atoms with van der Waals surface area (Å²) < 4.78 is 30.6. The van der Waals surface area contributed by atoms with E-state index in [1.165, 1.54) is 0 Å². The molecular weight excluding hydrogens is 268 g/mol. The van der Waals surface area contributed by atoms with Gasteiger partial charge in [0.25, 0.3) is 0 Å². The van der Waals surface area contributed by atoms with Crippen molar-refractivity contribution in [2.24, 2.45) is 0 Å². The second-order valence-electron chi connectivity index (χ2n) is 2.10. The molecule has 9 nitrogen and oxygen atoms in total. The average Bonchev–Trinajstić information content (AvgIpc) is 2.00. The molecule has 0 aromatic rings. The van der Waals surface area contributed by atoms with E-state index in [-0.39, 0.29) is 20.3 Å². The van der Waals surface area contributed by atoms with E-state index in [2.05, 4.69) is 9.05 Å². The number of hydrogen-bond donors (Lipinski definition) is 3. The van der Waals surface area contributed by atoms with Gasteiger partial charge in [-0.1, -0.05) is 0 Å². The van der Waals surface area contributed by atoms with Crippen molar-refractivity contribution < 1.29 is 72.0 Å². The van der Waals surface area contributed by atoms with Gasteiger partial charge < -0.3 is 1.43 Å². The number of rotatable bonds is 2. The Kier molecular flexibility index (Phi) is 5.72. The van der Waals surface area contributed by atoms with Crippen LogP contribution in [0, 0.1) is 0 Å². The molecule has 13 heteroatoms. The van der Waals surface area contributed by atoms with Crippen LogP contribution in [0.5, 0.6) is 0 Å². The monoisotopic (exact) mass is 272 g/mol. The Morgan fingerprint density at radius 1 is 0.941 bits per heavy atom. The summed E-state index contributed by atoms with van der Waals surface area (Å²) in [6.07, 6.45) is 0. The summed E-state index contributed by atoms with van der Waals surface area (Å²) in [6.45, 7) is 0. The smallest absolute Gasteiger partial charge is 1.00 e. The van der Waals surface area contributed by atoms with E-state index in [0.717, 1.165) is 0 Å². The second-order valence-corrected chi connectivity index (χ2v) is 3.92. The van der Waals surface area contributed by atoms with Crippen LogP contribution < -0.4 is 18.9 Å². The summed E-state index contributed by atoms with van der Waals surface area (Å²) in [5.41, 5.74) is 0. The van der Waals surface area contributed by atoms with Crippen molar-refractivity contribution in [3.63, 3.8) is 0 Å². The molecule has 0 saturated heterocycles. The molecule has 0 spiro atoms. The molecule has 0 amide bonds. The molecule has 0 unspecified atom stereocenters. The Hall–Kier alpha value is -1.27. The molecule has 0 fully saturated rings. The molecule has 0 radical (unpaired) electrons. The van der Waals surface area contributed by atoms with Crippen LogP contribution in [-0.2, 0) is 28.2 Å². The number of hydrogen-bond acceptors (Lipinski definition) is 7. The van der Waals surface area contributed by atoms with Crippen molar-refractivity contribution in [3.05, 3.63) is 0 Å². The summed E-state index contributed by atoms with van der Waals surface area (Å²) in [5, 5.41) is 15.7. The van der Waals surface area contributed by atoms with Gasteiger partial charge in [-0.05, 0) is 0 Å². The first kappa shape index (κ1) is 18.1. The summed E-state index contributed by atoms with van der Waals surface area (Å²) in [4.78, 5) is 48.1. The number of carboxylic acids is 2. The fourth-order valence-electron chi connectivity index (χ4n) is 0.364. The third-order valence-corrected chi connectivity index (χ3v) is 1.73. The maximum Gasteiger partial charge on any atom is 1.00 e. The largest absolute Gasteiger partial charge is 1.00 e. The quantitative estimate of drug-likeness (QED) is 0.263. The van der Waals surface area contributed by atoms with Crippen LogP contribution in [0.1, 0.15) is 1.43 Å². The predicted octanol–water partition coefficient (Wildman–Crippen LogP) is -3.58. The molecule has 0 bridgehead atoms. The number of carbonyl (C=O) groups is 4. The van der Waals surface area contributed by atoms with Crippen molar-refractivity contribution in [1.82, 2.24) is 0 Å². The molecule has 0 atom stereocenters. The summed E-state index contributed by atoms with van der Waals surface area (Å²) in [5.74, 6) is -10.2. The van der Waals surface area contributed by atoms with E-state index >= 15 is 0 Å². The van der Waals surface area contributed by atoms with E-state index in [9.17, 15) is 27.6 Å². The van der Waals surface area contributed by atoms with Gasteiger partial charge in [-0.3, -0.25) is 0 Å². The number of carboxylic acid groups (broad SMARTS) is 2. The summed E-state index contributed by atoms with van der Waals surface area (Å²) in [7, 11) is -7.89. The topological polar surface area (TPSA) is 147 Å². The average molecular weight is 272 g/mol. The molecule has 94 valence electrons. The van der Waals surface area contributed by atoms with Crippen molar-refractivity contribution in [2.75, 3.05) is 0 Å². The first-order valence-corrected chi connectivity index (χ1v) is 4.88. The Morgan fingerprint density at radius 3 is 1.35 bits per heavy atom. The summed E-state index contributed by atoms with van der Waals surface area (Å²) in [6, 6.07) is 0. The van der Waals surface area contributed by atoms with Crippen LogP contribution in [0.2, 0.25) is 0 Å². The third kappa shape index (κ3) is 6.80. The molecule has 17 heavy (non-hydrogen) atoms. The maximum atomic E-state index is 12.6. The van der Waals surface area contributed by atoms with E-state index in [1.54, 1.807) is 0 Å². The molecule has 0 saturated carbocycles. The van der Waals surface area contributed by atoms with E-state index < -0.39 is 31.8 Å². The zero-order valence-electron chi connectivity index (χ0n) is 8.99. The zero-order valence-corrected chi connectivity index (χ0v) is 8.89. The van der Waals surface area contributed by atoms with E-state index in [4.69, 9.17) is 15.1 Å². The molecular formula is C4H4F2LiO9P. The molecule has 0 rings (SSSR count). The molecule has 0 heterocycles. The van der Waals surface area contributed by atoms with Gasteiger partial charge in [-0.15, -0.1) is 0 Å². The van der Waals surface area contributed by atoms with Crippen molar-refractivity contribution in [1.29, 1.82) is 0 Å². The van der Waals surface area contributed by atoms with Gasteiger partial charge in [0.05, 0.1) is 0 Å². The molecule has 0 aromatic carbocycles. The Balaban J connectivity index is -0.00000112. The van der Waals surface area contributed by atoms with Gasteiger partial charge in [0.1, 0.15) is 0 Å². The van der Waals surface area contributed by atoms with Gasteiger partial charge in [0, 0.05) is 0 Å². The molecule has 0 aliphatic heterocycles. The zero-order chi connectivity index (χ0) is 13.2. The van der Waals surface area contributed by atoms with Crippen molar-refractivity contribution in [2.45, 2.75) is 0 Å². The van der Waals surface area contributed by atoms with Crippen LogP contribution in [0.25, 0.3) is 0 Å². The Morgan fingerprint density at radius 2 is 1.18 bits per heavy atom. The van der Waals surface area contributed by atoms with Crippen LogP contribution >= 0.6 is 7.91 Å². The third-order valence-electron chi connectivity index (χ3n) is 0.809. The predicted molar refractivity (Wildman–Crippen MR) is 39.9 cm³/mol. The number of carbonyl (C=O) groups excluding carboxylic acids is 2. The fourth-order valence-corrected chi connectivity index (χ4v) is 1.09. The minimum Gasteiger partial charge on any atom is -1.00 e. The molecule has 0 aliphatic carbocycles. The number of halogens is 2. The molecule has 0 aromatic heterocycles. The van der Waals surface area contributed by atoms with Gasteiger partial charge in [0.15, 0.2) is 0 Å². The van der Waals surface area contributed by atoms with Crippen LogP contribution in [-0.4, -0.2) is 39.0 Å². The minimum absolute atomic E-state index is 0. The maximum absolute atomic E-state index is 12.6. The van der Waals surface area contributed by atoms with Gasteiger partial charge in [0.2, 0.25) is 0 Å². The summed E-state index contributed by atoms with van der Waals surface area (Å²) >= 11 is 0. The Bertz CT molecular complexity index is 346. The molecule has 3 N–H and O–H groups in total. The first-order valence-electron chi connectivity index (χ1n) is 3.08. The standard InChI is InChI=1S/C4H3F2O9P.Li.H/c5-16(6,13,14-3(11)1(7)8)15-4(12)2(9)10;;/h13H,(H,7,8)(H,9,10);;/q;+1;-1. The second kappa shape index (κ2) is 5.37. The van der Waals surface area contributed by atoms with Crippen LogP contribution in [0.4, 0.5) is 8.39 Å². The van der Waals surface area contributed by atoms with Crippen LogP contribution in [0.3, 0.4) is 0 Å². The van der Waals surface area contributed by atoms with Gasteiger partial charge >= 0.3 is 102 Å². The van der Waals surface area contributed by atoms with Crippen molar-refractivity contribution >= 4 is 31.8 Å². The van der Waals surface area contributed by atoms with Gasteiger partial charge in [-0.2, -0.15) is 0 Å². The Labute approximate surface area is 104 Å². The molecule has 0 aliphatic rings. The number of aliphatic carboxylic acids is 2.